The number of aromatic nitrogens is 2. The van der Waals surface area contributed by atoms with Crippen molar-refractivity contribution in [2.24, 2.45) is 0 Å². The molecule has 55 heavy (non-hydrogen) atoms. The van der Waals surface area contributed by atoms with E-state index >= 15 is 0 Å². The summed E-state index contributed by atoms with van der Waals surface area (Å²) in [6, 6.07) is 73.2. The van der Waals surface area contributed by atoms with E-state index in [0.29, 0.717) is 0 Å². The lowest BCUT2D eigenvalue weighted by molar-refractivity contribution is 1.18. The Labute approximate surface area is 327 Å². The highest BCUT2D eigenvalue weighted by atomic mass is 79.9. The number of nitrogens with zero attached hydrogens (tertiary/aromatic N) is 2. The fraction of sp³-hybridized carbons (Fsp3) is 0. The first-order chi connectivity index (χ1) is 27.2. The smallest absolute Gasteiger partial charge is 0.0541 e. The average Bonchev–Trinajstić information content (AvgIpc) is 3.76. The summed E-state index contributed by atoms with van der Waals surface area (Å²) in [4.78, 5) is 0. The van der Waals surface area contributed by atoms with Gasteiger partial charge in [0.25, 0.3) is 0 Å². The Bertz CT molecular complexity index is 3090. The molecular weight excluding hydrogens is 732 g/mol. The van der Waals surface area contributed by atoms with Crippen LogP contribution in [0.15, 0.2) is 205 Å². The summed E-state index contributed by atoms with van der Waals surface area (Å²) in [5, 5.41) is 7.43. The molecule has 0 spiro atoms. The summed E-state index contributed by atoms with van der Waals surface area (Å²) in [5.41, 5.74) is 14.3. The molecule has 0 saturated heterocycles. The van der Waals surface area contributed by atoms with Crippen molar-refractivity contribution in [3.05, 3.63) is 205 Å². The van der Waals surface area contributed by atoms with Crippen molar-refractivity contribution < 1.29 is 0 Å². The van der Waals surface area contributed by atoms with Gasteiger partial charge in [0.15, 0.2) is 0 Å². The maximum atomic E-state index is 3.66. The van der Waals surface area contributed by atoms with Crippen LogP contribution in [0.4, 0.5) is 0 Å². The van der Waals surface area contributed by atoms with Crippen molar-refractivity contribution in [3.63, 3.8) is 0 Å². The molecular formula is C52H33BrN2. The second kappa shape index (κ2) is 12.7. The van der Waals surface area contributed by atoms with Gasteiger partial charge in [-0.3, -0.25) is 0 Å². The molecule has 9 aromatic carbocycles. The van der Waals surface area contributed by atoms with Gasteiger partial charge in [-0.05, 0) is 141 Å². The number of fused-ring (bicyclic) bond motifs is 7. The van der Waals surface area contributed by atoms with Gasteiger partial charge in [0.2, 0.25) is 0 Å². The maximum Gasteiger partial charge on any atom is 0.0541 e. The van der Waals surface area contributed by atoms with Gasteiger partial charge < -0.3 is 9.13 Å². The van der Waals surface area contributed by atoms with Gasteiger partial charge in [-0.1, -0.05) is 119 Å². The summed E-state index contributed by atoms with van der Waals surface area (Å²) in [6.07, 6.45) is 0. The molecule has 0 bridgehead atoms. The zero-order valence-corrected chi connectivity index (χ0v) is 31.4. The van der Waals surface area contributed by atoms with Gasteiger partial charge in [-0.2, -0.15) is 0 Å². The third-order valence-corrected chi connectivity index (χ3v) is 11.6. The molecule has 0 amide bonds. The molecule has 258 valence electrons. The third-order valence-electron chi connectivity index (χ3n) is 11.1. The Morgan fingerprint density at radius 1 is 0.273 bits per heavy atom. The van der Waals surface area contributed by atoms with Gasteiger partial charge in [0.05, 0.1) is 22.1 Å². The topological polar surface area (TPSA) is 9.86 Å². The van der Waals surface area contributed by atoms with E-state index in [-0.39, 0.29) is 0 Å². The average molecular weight is 766 g/mol. The maximum absolute atomic E-state index is 3.66. The SMILES string of the molecule is Brc1ccc2cc(-c3cc(-c4ccc5c(c4)c4ccccc4n5-c4ccccc4)cc(-c4ccc5c(c4)c4ccccc4n5-c4ccccc4)c3)ccc2c1. The van der Waals surface area contributed by atoms with E-state index in [0.717, 1.165) is 15.8 Å². The van der Waals surface area contributed by atoms with Gasteiger partial charge in [-0.15, -0.1) is 0 Å². The van der Waals surface area contributed by atoms with Crippen molar-refractivity contribution in [1.82, 2.24) is 9.13 Å². The van der Waals surface area contributed by atoms with Crippen LogP contribution in [0.2, 0.25) is 0 Å². The molecule has 0 unspecified atom stereocenters. The van der Waals surface area contributed by atoms with Crippen LogP contribution in [-0.4, -0.2) is 9.13 Å². The van der Waals surface area contributed by atoms with Gasteiger partial charge in [0.1, 0.15) is 0 Å². The Kier molecular flexibility index (Phi) is 7.36. The third kappa shape index (κ3) is 5.31. The van der Waals surface area contributed by atoms with Crippen molar-refractivity contribution in [1.29, 1.82) is 0 Å². The standard InChI is InChI=1S/C52H33BrN2/c53-42-24-21-34-27-35(19-20-36(34)31-42)39-28-40(37-22-25-51-47(32-37)45-15-7-9-17-49(45)54(51)43-11-3-1-4-12-43)30-41(29-39)38-23-26-52-48(33-38)46-16-8-10-18-50(46)55(52)44-13-5-2-6-14-44/h1-33H. The molecule has 0 radical (unpaired) electrons. The molecule has 0 aliphatic carbocycles. The number of para-hydroxylation sites is 4. The predicted molar refractivity (Wildman–Crippen MR) is 237 cm³/mol. The van der Waals surface area contributed by atoms with Gasteiger partial charge in [0, 0.05) is 37.4 Å². The summed E-state index contributed by atoms with van der Waals surface area (Å²) in [5.74, 6) is 0. The molecule has 2 heterocycles. The van der Waals surface area contributed by atoms with Gasteiger partial charge in [-0.25, -0.2) is 0 Å². The van der Waals surface area contributed by atoms with Crippen LogP contribution in [-0.2, 0) is 0 Å². The molecule has 0 N–H and O–H groups in total. The molecule has 11 rings (SSSR count). The first kappa shape index (κ1) is 31.8. The number of hydrogen-bond donors (Lipinski definition) is 0. The minimum atomic E-state index is 1.09. The van der Waals surface area contributed by atoms with Crippen LogP contribution in [0.3, 0.4) is 0 Å². The van der Waals surface area contributed by atoms with Gasteiger partial charge >= 0.3 is 0 Å². The van der Waals surface area contributed by atoms with Crippen LogP contribution in [0.1, 0.15) is 0 Å². The molecule has 2 aromatic heterocycles. The van der Waals surface area contributed by atoms with Crippen LogP contribution in [0.25, 0.3) is 99.1 Å². The molecule has 2 nitrogen and oxygen atoms in total. The van der Waals surface area contributed by atoms with Crippen molar-refractivity contribution in [3.8, 4) is 44.8 Å². The Morgan fingerprint density at radius 2 is 0.673 bits per heavy atom. The molecule has 11 aromatic rings. The highest BCUT2D eigenvalue weighted by molar-refractivity contribution is 9.10. The number of rotatable bonds is 5. The van der Waals surface area contributed by atoms with Crippen molar-refractivity contribution in [2.75, 3.05) is 0 Å². The van der Waals surface area contributed by atoms with Crippen LogP contribution in [0, 0.1) is 0 Å². The second-order valence-electron chi connectivity index (χ2n) is 14.3. The first-order valence-corrected chi connectivity index (χ1v) is 19.5. The number of benzene rings is 9. The van der Waals surface area contributed by atoms with E-state index < -0.39 is 0 Å². The second-order valence-corrected chi connectivity index (χ2v) is 15.3. The lowest BCUT2D eigenvalue weighted by atomic mass is 9.91. The number of hydrogen-bond acceptors (Lipinski definition) is 0. The minimum Gasteiger partial charge on any atom is -0.309 e. The monoisotopic (exact) mass is 764 g/mol. The van der Waals surface area contributed by atoms with Crippen molar-refractivity contribution in [2.45, 2.75) is 0 Å². The first-order valence-electron chi connectivity index (χ1n) is 18.7. The molecule has 0 aliphatic rings. The zero-order chi connectivity index (χ0) is 36.5. The largest absolute Gasteiger partial charge is 0.309 e. The van der Waals surface area contributed by atoms with E-state index in [1.807, 2.05) is 0 Å². The zero-order valence-electron chi connectivity index (χ0n) is 29.8. The number of halogens is 1. The van der Waals surface area contributed by atoms with Crippen LogP contribution >= 0.6 is 15.9 Å². The lowest BCUT2D eigenvalue weighted by Gasteiger charge is -2.13. The highest BCUT2D eigenvalue weighted by Crippen LogP contribution is 2.40. The lowest BCUT2D eigenvalue weighted by Crippen LogP contribution is -1.93. The van der Waals surface area contributed by atoms with E-state index in [1.54, 1.807) is 0 Å². The fourth-order valence-corrected chi connectivity index (χ4v) is 8.92. The normalized spacial score (nSPS) is 11.7. The Morgan fingerprint density at radius 3 is 1.20 bits per heavy atom. The van der Waals surface area contributed by atoms with E-state index in [1.165, 1.54) is 87.8 Å². The van der Waals surface area contributed by atoms with Crippen molar-refractivity contribution >= 4 is 70.3 Å². The van der Waals surface area contributed by atoms with E-state index in [4.69, 9.17) is 0 Å². The minimum absolute atomic E-state index is 1.09. The summed E-state index contributed by atoms with van der Waals surface area (Å²) in [7, 11) is 0. The fourth-order valence-electron chi connectivity index (χ4n) is 8.54. The Hall–Kier alpha value is -6.68. The summed E-state index contributed by atoms with van der Waals surface area (Å²) < 4.78 is 5.85. The molecule has 3 heteroatoms. The molecule has 0 saturated carbocycles. The van der Waals surface area contributed by atoms with Crippen LogP contribution < -0.4 is 0 Å². The highest BCUT2D eigenvalue weighted by Gasteiger charge is 2.17. The molecule has 0 atom stereocenters. The molecule has 0 fully saturated rings. The summed E-state index contributed by atoms with van der Waals surface area (Å²) >= 11 is 3.66. The quantitative estimate of drug-likeness (QED) is 0.165. The Balaban J connectivity index is 1.13. The predicted octanol–water partition coefficient (Wildman–Crippen LogP) is 14.8. The summed E-state index contributed by atoms with van der Waals surface area (Å²) in [6.45, 7) is 0. The van der Waals surface area contributed by atoms with Crippen LogP contribution in [0.5, 0.6) is 0 Å². The van der Waals surface area contributed by atoms with E-state index in [9.17, 15) is 0 Å². The van der Waals surface area contributed by atoms with E-state index in [2.05, 4.69) is 225 Å². The molecule has 0 aliphatic heterocycles.